The Morgan fingerprint density at radius 1 is 1.00 bits per heavy atom. The Hall–Kier alpha value is -2.31. The van der Waals surface area contributed by atoms with Gasteiger partial charge in [0.25, 0.3) is 0 Å². The Morgan fingerprint density at radius 3 is 1.96 bits per heavy atom. The first-order chi connectivity index (χ1) is 11.6. The van der Waals surface area contributed by atoms with Gasteiger partial charge < -0.3 is 16.2 Å². The van der Waals surface area contributed by atoms with Crippen molar-refractivity contribution >= 4 is 23.6 Å². The van der Waals surface area contributed by atoms with Crippen molar-refractivity contribution in [3.63, 3.8) is 0 Å². The van der Waals surface area contributed by atoms with Crippen LogP contribution in [0.2, 0.25) is 0 Å². The summed E-state index contributed by atoms with van der Waals surface area (Å²) < 4.78 is 0. The summed E-state index contributed by atoms with van der Waals surface area (Å²) in [5.41, 5.74) is 8.14. The van der Waals surface area contributed by atoms with Crippen molar-refractivity contribution in [1.82, 2.24) is 5.32 Å². The van der Waals surface area contributed by atoms with Crippen molar-refractivity contribution in [3.05, 3.63) is 71.8 Å². The molecule has 2 aromatic rings. The molecule has 2 aromatic carbocycles. The number of carbonyl (C=O) groups is 2. The maximum absolute atomic E-state index is 11.8. The average Bonchev–Trinajstić information content (AvgIpc) is 2.61. The number of thioether (sulfide) groups is 1. The van der Waals surface area contributed by atoms with Gasteiger partial charge in [0.2, 0.25) is 5.91 Å². The molecule has 2 rings (SSSR count). The van der Waals surface area contributed by atoms with Gasteiger partial charge in [0.05, 0.1) is 11.3 Å². The number of hydrogen-bond donors (Lipinski definition) is 3. The highest BCUT2D eigenvalue weighted by Crippen LogP contribution is 2.35. The number of carbonyl (C=O) groups excluding carboxylic acids is 1. The van der Waals surface area contributed by atoms with Crippen LogP contribution < -0.4 is 11.1 Å². The highest BCUT2D eigenvalue weighted by Gasteiger charge is 2.19. The molecule has 0 bridgehead atoms. The van der Waals surface area contributed by atoms with E-state index in [4.69, 9.17) is 10.8 Å². The third-order valence-electron chi connectivity index (χ3n) is 3.40. The van der Waals surface area contributed by atoms with Gasteiger partial charge in [0.15, 0.2) is 0 Å². The third kappa shape index (κ3) is 5.40. The topological polar surface area (TPSA) is 92.4 Å². The quantitative estimate of drug-likeness (QED) is 0.681. The smallest absolute Gasteiger partial charge is 0.322 e. The summed E-state index contributed by atoms with van der Waals surface area (Å²) in [6.07, 6.45) is 0. The monoisotopic (exact) mass is 344 g/mol. The van der Waals surface area contributed by atoms with Crippen molar-refractivity contribution in [2.24, 2.45) is 5.73 Å². The highest BCUT2D eigenvalue weighted by molar-refractivity contribution is 7.99. The normalized spacial score (nSPS) is 11.9. The first kappa shape index (κ1) is 18.0. The number of benzene rings is 2. The molecule has 6 heteroatoms. The predicted octanol–water partition coefficient (Wildman–Crippen LogP) is 2.04. The average molecular weight is 344 g/mol. The Labute approximate surface area is 145 Å². The minimum atomic E-state index is -1.09. The molecular weight excluding hydrogens is 324 g/mol. The largest absolute Gasteiger partial charge is 0.480 e. The second-order valence-corrected chi connectivity index (χ2v) is 6.39. The Kier molecular flexibility index (Phi) is 6.84. The Bertz CT molecular complexity index is 625. The SMILES string of the molecule is N[C@H](CSC(c1ccccc1)c1ccccc1)C(=O)NCC(=O)O. The van der Waals surface area contributed by atoms with Gasteiger partial charge in [-0.3, -0.25) is 9.59 Å². The molecule has 0 aliphatic heterocycles. The van der Waals surface area contributed by atoms with Crippen LogP contribution in [-0.4, -0.2) is 35.3 Å². The van der Waals surface area contributed by atoms with E-state index in [9.17, 15) is 9.59 Å². The standard InChI is InChI=1S/C18H20N2O3S/c19-15(18(23)20-11-16(21)22)12-24-17(13-7-3-1-4-8-13)14-9-5-2-6-10-14/h1-10,15,17H,11-12,19H2,(H,20,23)(H,21,22)/t15-/m1/s1. The van der Waals surface area contributed by atoms with Gasteiger partial charge in [-0.25, -0.2) is 0 Å². The van der Waals surface area contributed by atoms with Gasteiger partial charge in [-0.2, -0.15) is 0 Å². The van der Waals surface area contributed by atoms with E-state index >= 15 is 0 Å². The molecule has 0 unspecified atom stereocenters. The zero-order valence-corrected chi connectivity index (χ0v) is 13.9. The zero-order valence-electron chi connectivity index (χ0n) is 13.1. The number of nitrogens with one attached hydrogen (secondary N) is 1. The number of carboxylic acids is 1. The summed E-state index contributed by atoms with van der Waals surface area (Å²) in [6.45, 7) is -0.419. The van der Waals surface area contributed by atoms with Crippen LogP contribution in [0.15, 0.2) is 60.7 Å². The molecule has 0 aliphatic rings. The minimum absolute atomic E-state index is 0.0609. The molecule has 5 nitrogen and oxygen atoms in total. The summed E-state index contributed by atoms with van der Waals surface area (Å²) in [7, 11) is 0. The van der Waals surface area contributed by atoms with Crippen LogP contribution in [0.25, 0.3) is 0 Å². The molecule has 4 N–H and O–H groups in total. The fourth-order valence-corrected chi connectivity index (χ4v) is 3.46. The number of nitrogens with two attached hydrogens (primary N) is 1. The van der Waals surface area contributed by atoms with Crippen LogP contribution >= 0.6 is 11.8 Å². The molecule has 0 aromatic heterocycles. The van der Waals surface area contributed by atoms with Crippen LogP contribution in [0.3, 0.4) is 0 Å². The first-order valence-corrected chi connectivity index (χ1v) is 8.59. The lowest BCUT2D eigenvalue weighted by Crippen LogP contribution is -2.44. The number of rotatable bonds is 8. The molecule has 1 amide bonds. The van der Waals surface area contributed by atoms with Crippen molar-refractivity contribution in [3.8, 4) is 0 Å². The van der Waals surface area contributed by atoms with E-state index in [0.717, 1.165) is 11.1 Å². The second-order valence-electron chi connectivity index (χ2n) is 5.25. The number of hydrogen-bond acceptors (Lipinski definition) is 4. The summed E-state index contributed by atoms with van der Waals surface area (Å²) >= 11 is 1.57. The van der Waals surface area contributed by atoms with E-state index in [0.29, 0.717) is 5.75 Å². The van der Waals surface area contributed by atoms with Gasteiger partial charge in [0.1, 0.15) is 6.54 Å². The van der Waals surface area contributed by atoms with E-state index in [-0.39, 0.29) is 5.25 Å². The van der Waals surface area contributed by atoms with Gasteiger partial charge in [-0.15, -0.1) is 11.8 Å². The second kappa shape index (κ2) is 9.10. The number of amides is 1. The predicted molar refractivity (Wildman–Crippen MR) is 95.8 cm³/mol. The zero-order chi connectivity index (χ0) is 17.4. The van der Waals surface area contributed by atoms with Gasteiger partial charge in [0, 0.05) is 5.75 Å². The molecule has 126 valence electrons. The third-order valence-corrected chi connectivity index (χ3v) is 4.83. The molecular formula is C18H20N2O3S. The van der Waals surface area contributed by atoms with Crippen LogP contribution in [0.5, 0.6) is 0 Å². The molecule has 24 heavy (non-hydrogen) atoms. The molecule has 0 heterocycles. The molecule has 0 spiro atoms. The van der Waals surface area contributed by atoms with Crippen LogP contribution in [-0.2, 0) is 9.59 Å². The van der Waals surface area contributed by atoms with Crippen LogP contribution in [0, 0.1) is 0 Å². The lowest BCUT2D eigenvalue weighted by Gasteiger charge is -2.19. The molecule has 0 saturated heterocycles. The fourth-order valence-electron chi connectivity index (χ4n) is 2.21. The van der Waals surface area contributed by atoms with Crippen LogP contribution in [0.1, 0.15) is 16.4 Å². The molecule has 0 saturated carbocycles. The first-order valence-electron chi connectivity index (χ1n) is 7.54. The number of aliphatic carboxylic acids is 1. The summed E-state index contributed by atoms with van der Waals surface area (Å²) in [5.74, 6) is -1.15. The maximum Gasteiger partial charge on any atom is 0.322 e. The van der Waals surface area contributed by atoms with Crippen LogP contribution in [0.4, 0.5) is 0 Å². The molecule has 1 atom stereocenters. The highest BCUT2D eigenvalue weighted by atomic mass is 32.2. The Morgan fingerprint density at radius 2 is 1.50 bits per heavy atom. The lowest BCUT2D eigenvalue weighted by molar-refractivity contribution is -0.138. The molecule has 0 radical (unpaired) electrons. The van der Waals surface area contributed by atoms with E-state index < -0.39 is 24.5 Å². The number of carboxylic acid groups (broad SMARTS) is 1. The fraction of sp³-hybridized carbons (Fsp3) is 0.222. The maximum atomic E-state index is 11.8. The minimum Gasteiger partial charge on any atom is -0.480 e. The van der Waals surface area contributed by atoms with Gasteiger partial charge >= 0.3 is 5.97 Å². The van der Waals surface area contributed by atoms with Gasteiger partial charge in [-0.05, 0) is 11.1 Å². The van der Waals surface area contributed by atoms with E-state index in [1.807, 2.05) is 60.7 Å². The van der Waals surface area contributed by atoms with Crippen molar-refractivity contribution < 1.29 is 14.7 Å². The molecule has 0 aliphatic carbocycles. The van der Waals surface area contributed by atoms with E-state index in [1.165, 1.54) is 0 Å². The van der Waals surface area contributed by atoms with E-state index in [1.54, 1.807) is 11.8 Å². The van der Waals surface area contributed by atoms with Gasteiger partial charge in [-0.1, -0.05) is 60.7 Å². The molecule has 0 fully saturated rings. The summed E-state index contributed by atoms with van der Waals surface area (Å²) in [5, 5.41) is 11.0. The van der Waals surface area contributed by atoms with Crippen molar-refractivity contribution in [2.45, 2.75) is 11.3 Å². The van der Waals surface area contributed by atoms with Crippen molar-refractivity contribution in [2.75, 3.05) is 12.3 Å². The summed E-state index contributed by atoms with van der Waals surface area (Å²) in [6, 6.07) is 19.2. The Balaban J connectivity index is 2.04. The summed E-state index contributed by atoms with van der Waals surface area (Å²) in [4.78, 5) is 22.3. The lowest BCUT2D eigenvalue weighted by atomic mass is 10.0. The van der Waals surface area contributed by atoms with E-state index in [2.05, 4.69) is 5.32 Å². The van der Waals surface area contributed by atoms with Crippen molar-refractivity contribution in [1.29, 1.82) is 0 Å².